The Morgan fingerprint density at radius 2 is 1.81 bits per heavy atom. The van der Waals surface area contributed by atoms with Crippen LogP contribution in [0.15, 0.2) is 24.3 Å². The summed E-state index contributed by atoms with van der Waals surface area (Å²) in [4.78, 5) is 35.9. The third-order valence-electron chi connectivity index (χ3n) is 4.36. The van der Waals surface area contributed by atoms with E-state index in [1.807, 2.05) is 20.8 Å². The Bertz CT molecular complexity index is 893. The molecule has 0 radical (unpaired) electrons. The second-order valence-corrected chi connectivity index (χ2v) is 7.67. The Hall–Kier alpha value is -2.87. The molecule has 2 rings (SSSR count). The van der Waals surface area contributed by atoms with Crippen LogP contribution >= 0.6 is 0 Å². The maximum atomic E-state index is 12.0. The molecule has 6 N–H and O–H groups in total. The van der Waals surface area contributed by atoms with E-state index in [9.17, 15) is 19.5 Å². The first-order valence-corrected chi connectivity index (χ1v) is 8.66. The molecular weight excluding hydrogens is 348 g/mol. The average molecular weight is 374 g/mol. The van der Waals surface area contributed by atoms with Crippen LogP contribution in [0.3, 0.4) is 0 Å². The van der Waals surface area contributed by atoms with Gasteiger partial charge in [-0.1, -0.05) is 39.0 Å². The smallest absolute Gasteiger partial charge is 0.416 e. The molecule has 0 aliphatic carbocycles. The first-order chi connectivity index (χ1) is 12.4. The van der Waals surface area contributed by atoms with Crippen molar-refractivity contribution in [2.24, 2.45) is 11.5 Å². The fourth-order valence-electron chi connectivity index (χ4n) is 3.23. The maximum absolute atomic E-state index is 12.0. The van der Waals surface area contributed by atoms with Gasteiger partial charge in [0, 0.05) is 22.9 Å². The molecule has 8 nitrogen and oxygen atoms in total. The number of nitrogens with one attached hydrogen (secondary N) is 1. The lowest BCUT2D eigenvalue weighted by Crippen LogP contribution is -2.50. The largest absolute Gasteiger partial charge is 0.464 e. The van der Waals surface area contributed by atoms with Gasteiger partial charge >= 0.3 is 6.09 Å². The minimum Gasteiger partial charge on any atom is -0.464 e. The SMILES string of the molecule is CC(N)C(=O)NC(Cc1c(C(C)(C)C)n(C(=O)O)c2ccccc12)C(N)=O. The molecule has 0 aliphatic heterocycles. The number of carbonyl (C=O) groups is 3. The molecule has 2 unspecified atom stereocenters. The van der Waals surface area contributed by atoms with E-state index in [-0.39, 0.29) is 6.42 Å². The lowest BCUT2D eigenvalue weighted by atomic mass is 9.86. The van der Waals surface area contributed by atoms with Gasteiger partial charge in [0.2, 0.25) is 11.8 Å². The third-order valence-corrected chi connectivity index (χ3v) is 4.36. The van der Waals surface area contributed by atoms with Crippen LogP contribution in [0.25, 0.3) is 10.9 Å². The van der Waals surface area contributed by atoms with Gasteiger partial charge in [-0.2, -0.15) is 0 Å². The van der Waals surface area contributed by atoms with E-state index in [1.165, 1.54) is 11.5 Å². The first kappa shape index (κ1) is 20.4. The zero-order valence-electron chi connectivity index (χ0n) is 15.9. The summed E-state index contributed by atoms with van der Waals surface area (Å²) in [5, 5.41) is 13.0. The van der Waals surface area contributed by atoms with Crippen LogP contribution in [0.1, 0.15) is 39.0 Å². The summed E-state index contributed by atoms with van der Waals surface area (Å²) >= 11 is 0. The summed E-state index contributed by atoms with van der Waals surface area (Å²) in [7, 11) is 0. The van der Waals surface area contributed by atoms with Gasteiger partial charge in [-0.3, -0.25) is 9.59 Å². The first-order valence-electron chi connectivity index (χ1n) is 8.66. The molecule has 0 fully saturated rings. The molecule has 0 spiro atoms. The highest BCUT2D eigenvalue weighted by molar-refractivity contribution is 5.95. The van der Waals surface area contributed by atoms with Gasteiger partial charge in [-0.15, -0.1) is 0 Å². The molecule has 2 aromatic rings. The average Bonchev–Trinajstić information content (AvgIpc) is 2.88. The number of carboxylic acid groups (broad SMARTS) is 1. The molecule has 146 valence electrons. The van der Waals surface area contributed by atoms with Gasteiger partial charge in [-0.25, -0.2) is 9.36 Å². The number of fused-ring (bicyclic) bond motifs is 1. The summed E-state index contributed by atoms with van der Waals surface area (Å²) in [6.07, 6.45) is -1.04. The summed E-state index contributed by atoms with van der Waals surface area (Å²) in [5.74, 6) is -1.21. The lowest BCUT2D eigenvalue weighted by molar-refractivity contribution is -0.127. The Morgan fingerprint density at radius 3 is 2.30 bits per heavy atom. The van der Waals surface area contributed by atoms with Crippen LogP contribution in [0.5, 0.6) is 0 Å². The standard InChI is InChI=1S/C19H26N4O4/c1-10(20)17(25)22-13(16(21)24)9-12-11-7-5-6-8-14(11)23(18(26)27)15(12)19(2,3)4/h5-8,10,13H,9,20H2,1-4H3,(H2,21,24)(H,22,25)(H,26,27). The van der Waals surface area contributed by atoms with Crippen molar-refractivity contribution in [3.05, 3.63) is 35.5 Å². The van der Waals surface area contributed by atoms with Crippen LogP contribution in [-0.2, 0) is 21.4 Å². The number of hydrogen-bond donors (Lipinski definition) is 4. The van der Waals surface area contributed by atoms with Crippen molar-refractivity contribution in [1.29, 1.82) is 0 Å². The topological polar surface area (TPSA) is 140 Å². The van der Waals surface area contributed by atoms with Crippen LogP contribution in [0.2, 0.25) is 0 Å². The molecule has 1 aromatic carbocycles. The van der Waals surface area contributed by atoms with Gasteiger partial charge in [0.15, 0.2) is 0 Å². The van der Waals surface area contributed by atoms with Crippen molar-refractivity contribution < 1.29 is 19.5 Å². The second-order valence-electron chi connectivity index (χ2n) is 7.67. The molecule has 0 bridgehead atoms. The van der Waals surface area contributed by atoms with Crippen molar-refractivity contribution in [2.75, 3.05) is 0 Å². The number of rotatable bonds is 5. The molecule has 1 aromatic heterocycles. The van der Waals surface area contributed by atoms with E-state index < -0.39 is 35.4 Å². The van der Waals surface area contributed by atoms with E-state index in [2.05, 4.69) is 5.32 Å². The number of nitrogens with zero attached hydrogens (tertiary/aromatic N) is 1. The van der Waals surface area contributed by atoms with Crippen molar-refractivity contribution in [1.82, 2.24) is 9.88 Å². The third kappa shape index (κ3) is 4.11. The predicted octanol–water partition coefficient (Wildman–Crippen LogP) is 1.32. The molecule has 0 saturated heterocycles. The number of primary amides is 1. The minimum atomic E-state index is -1.11. The normalized spacial score (nSPS) is 14.0. The number of aromatic nitrogens is 1. The quantitative estimate of drug-likeness (QED) is 0.625. The van der Waals surface area contributed by atoms with E-state index in [1.54, 1.807) is 24.3 Å². The number of carbonyl (C=O) groups excluding carboxylic acids is 2. The van der Waals surface area contributed by atoms with Crippen LogP contribution < -0.4 is 16.8 Å². The molecule has 0 saturated carbocycles. The summed E-state index contributed by atoms with van der Waals surface area (Å²) in [6, 6.07) is 5.25. The van der Waals surface area contributed by atoms with Crippen LogP contribution in [0, 0.1) is 0 Å². The highest BCUT2D eigenvalue weighted by Gasteiger charge is 2.32. The molecular formula is C19H26N4O4. The Morgan fingerprint density at radius 1 is 1.22 bits per heavy atom. The number of para-hydroxylation sites is 1. The zero-order chi connectivity index (χ0) is 20.5. The summed E-state index contributed by atoms with van der Waals surface area (Å²) in [6.45, 7) is 7.18. The monoisotopic (exact) mass is 374 g/mol. The fraction of sp³-hybridized carbons (Fsp3) is 0.421. The maximum Gasteiger partial charge on any atom is 0.416 e. The highest BCUT2D eigenvalue weighted by Crippen LogP contribution is 2.35. The van der Waals surface area contributed by atoms with E-state index in [0.717, 1.165) is 0 Å². The minimum absolute atomic E-state index is 0.0706. The zero-order valence-corrected chi connectivity index (χ0v) is 15.9. The van der Waals surface area contributed by atoms with Crippen molar-refractivity contribution >= 4 is 28.8 Å². The number of hydrogen-bond acceptors (Lipinski definition) is 4. The van der Waals surface area contributed by atoms with E-state index in [4.69, 9.17) is 11.5 Å². The molecule has 1 heterocycles. The molecule has 2 amide bonds. The van der Waals surface area contributed by atoms with Gasteiger partial charge in [-0.05, 0) is 18.6 Å². The van der Waals surface area contributed by atoms with Crippen molar-refractivity contribution in [2.45, 2.75) is 51.6 Å². The molecule has 8 heteroatoms. The lowest BCUT2D eigenvalue weighted by Gasteiger charge is -2.24. The Kier molecular flexibility index (Phi) is 5.60. The molecule has 0 aliphatic rings. The van der Waals surface area contributed by atoms with Gasteiger partial charge in [0.05, 0.1) is 11.6 Å². The molecule has 2 atom stereocenters. The van der Waals surface area contributed by atoms with Gasteiger partial charge in [0.1, 0.15) is 6.04 Å². The fourth-order valence-corrected chi connectivity index (χ4v) is 3.23. The Balaban J connectivity index is 2.67. The summed E-state index contributed by atoms with van der Waals surface area (Å²) < 4.78 is 1.23. The van der Waals surface area contributed by atoms with Crippen molar-refractivity contribution in [3.8, 4) is 0 Å². The number of benzene rings is 1. The molecule has 27 heavy (non-hydrogen) atoms. The van der Waals surface area contributed by atoms with Crippen molar-refractivity contribution in [3.63, 3.8) is 0 Å². The predicted molar refractivity (Wildman–Crippen MR) is 103 cm³/mol. The van der Waals surface area contributed by atoms with Gasteiger partial charge < -0.3 is 21.9 Å². The van der Waals surface area contributed by atoms with Crippen LogP contribution in [-0.4, -0.2) is 39.7 Å². The number of amides is 2. The van der Waals surface area contributed by atoms with Gasteiger partial charge in [0.25, 0.3) is 0 Å². The number of nitrogens with two attached hydrogens (primary N) is 2. The van der Waals surface area contributed by atoms with Crippen LogP contribution in [0.4, 0.5) is 4.79 Å². The van der Waals surface area contributed by atoms with E-state index in [0.29, 0.717) is 22.2 Å². The Labute approximate surface area is 157 Å². The summed E-state index contributed by atoms with van der Waals surface area (Å²) in [5.41, 5.74) is 12.3. The van der Waals surface area contributed by atoms with E-state index >= 15 is 0 Å². The highest BCUT2D eigenvalue weighted by atomic mass is 16.4. The second kappa shape index (κ2) is 7.40.